The molecule has 0 amide bonds. The summed E-state index contributed by atoms with van der Waals surface area (Å²) < 4.78 is 16.4. The lowest BCUT2D eigenvalue weighted by Gasteiger charge is -2.23. The van der Waals surface area contributed by atoms with Gasteiger partial charge in [0.1, 0.15) is 12.4 Å². The molecule has 0 spiro atoms. The van der Waals surface area contributed by atoms with Crippen LogP contribution in [0.1, 0.15) is 32.4 Å². The van der Waals surface area contributed by atoms with E-state index in [1.54, 1.807) is 7.11 Å². The van der Waals surface area contributed by atoms with E-state index in [0.717, 1.165) is 11.3 Å². The maximum Gasteiger partial charge on any atom is 0.124 e. The molecule has 0 aliphatic carbocycles. The zero-order valence-corrected chi connectivity index (χ0v) is 12.3. The number of nitrogens with two attached hydrogens (primary N) is 1. The van der Waals surface area contributed by atoms with E-state index in [2.05, 4.69) is 0 Å². The average Bonchev–Trinajstić information content (AvgIpc) is 2.36. The predicted molar refractivity (Wildman–Crippen MR) is 76.4 cm³/mol. The largest absolute Gasteiger partial charge is 0.491 e. The Morgan fingerprint density at radius 2 is 1.84 bits per heavy atom. The number of hydrogen-bond acceptors (Lipinski definition) is 4. The molecule has 0 radical (unpaired) electrons. The summed E-state index contributed by atoms with van der Waals surface area (Å²) in [5.74, 6) is 0.796. The monoisotopic (exact) mass is 267 g/mol. The van der Waals surface area contributed by atoms with Crippen LogP contribution in [0, 0.1) is 0 Å². The van der Waals surface area contributed by atoms with Crippen molar-refractivity contribution in [2.45, 2.75) is 32.4 Å². The van der Waals surface area contributed by atoms with Gasteiger partial charge in [-0.1, -0.05) is 18.2 Å². The van der Waals surface area contributed by atoms with Crippen LogP contribution in [0.5, 0.6) is 5.75 Å². The number of benzene rings is 1. The highest BCUT2D eigenvalue weighted by atomic mass is 16.5. The number of hydrogen-bond donors (Lipinski definition) is 1. The van der Waals surface area contributed by atoms with Gasteiger partial charge in [0.25, 0.3) is 0 Å². The van der Waals surface area contributed by atoms with E-state index in [1.807, 2.05) is 45.0 Å². The third-order valence-electron chi connectivity index (χ3n) is 2.56. The summed E-state index contributed by atoms with van der Waals surface area (Å²) in [5.41, 5.74) is 6.94. The molecule has 0 saturated carbocycles. The second-order valence-electron chi connectivity index (χ2n) is 5.41. The highest BCUT2D eigenvalue weighted by Crippen LogP contribution is 2.24. The Bertz CT molecular complexity index is 374. The van der Waals surface area contributed by atoms with E-state index in [-0.39, 0.29) is 11.6 Å². The summed E-state index contributed by atoms with van der Waals surface area (Å²) in [6, 6.07) is 7.58. The van der Waals surface area contributed by atoms with Gasteiger partial charge in [0, 0.05) is 12.7 Å². The molecular weight excluding hydrogens is 242 g/mol. The molecule has 0 fully saturated rings. The normalized spacial score (nSPS) is 13.3. The van der Waals surface area contributed by atoms with E-state index in [4.69, 9.17) is 19.9 Å². The molecule has 0 saturated heterocycles. The molecule has 0 aromatic heterocycles. The summed E-state index contributed by atoms with van der Waals surface area (Å²) in [6.07, 6.45) is 0. The third kappa shape index (κ3) is 6.05. The van der Waals surface area contributed by atoms with Gasteiger partial charge >= 0.3 is 0 Å². The minimum atomic E-state index is -0.196. The van der Waals surface area contributed by atoms with E-state index in [9.17, 15) is 0 Å². The van der Waals surface area contributed by atoms with Crippen molar-refractivity contribution in [2.75, 3.05) is 26.9 Å². The smallest absolute Gasteiger partial charge is 0.124 e. The highest BCUT2D eigenvalue weighted by molar-refractivity contribution is 5.35. The summed E-state index contributed by atoms with van der Waals surface area (Å²) in [7, 11) is 1.65. The van der Waals surface area contributed by atoms with Crippen LogP contribution in [-0.4, -0.2) is 32.5 Å². The molecule has 1 aromatic rings. The van der Waals surface area contributed by atoms with E-state index < -0.39 is 0 Å². The quantitative estimate of drug-likeness (QED) is 0.771. The molecule has 0 aliphatic rings. The van der Waals surface area contributed by atoms with Crippen LogP contribution >= 0.6 is 0 Å². The van der Waals surface area contributed by atoms with Gasteiger partial charge < -0.3 is 19.9 Å². The fourth-order valence-electron chi connectivity index (χ4n) is 1.58. The maximum absolute atomic E-state index is 6.17. The Hall–Kier alpha value is -1.10. The first-order valence-corrected chi connectivity index (χ1v) is 6.54. The number of rotatable bonds is 7. The zero-order valence-electron chi connectivity index (χ0n) is 12.3. The highest BCUT2D eigenvalue weighted by Gasteiger charge is 2.16. The van der Waals surface area contributed by atoms with Crippen LogP contribution in [0.4, 0.5) is 0 Å². The lowest BCUT2D eigenvalue weighted by atomic mass is 10.1. The number of ether oxygens (including phenoxy) is 3. The van der Waals surface area contributed by atoms with Crippen molar-refractivity contribution in [2.24, 2.45) is 5.73 Å². The second-order valence-corrected chi connectivity index (χ2v) is 5.41. The van der Waals surface area contributed by atoms with Crippen LogP contribution in [0.25, 0.3) is 0 Å². The molecule has 1 aromatic carbocycles. The Labute approximate surface area is 115 Å². The molecule has 19 heavy (non-hydrogen) atoms. The predicted octanol–water partition coefficient (Wildman–Crippen LogP) is 2.53. The van der Waals surface area contributed by atoms with Gasteiger partial charge in [-0.05, 0) is 26.8 Å². The van der Waals surface area contributed by atoms with Crippen molar-refractivity contribution in [1.82, 2.24) is 0 Å². The van der Waals surface area contributed by atoms with Crippen molar-refractivity contribution in [3.8, 4) is 5.75 Å². The molecule has 4 nitrogen and oxygen atoms in total. The molecule has 4 heteroatoms. The topological polar surface area (TPSA) is 53.7 Å². The zero-order chi connectivity index (χ0) is 14.3. The van der Waals surface area contributed by atoms with Crippen molar-refractivity contribution in [1.29, 1.82) is 0 Å². The molecule has 0 bridgehead atoms. The molecule has 2 N–H and O–H groups in total. The Morgan fingerprint density at radius 3 is 2.47 bits per heavy atom. The summed E-state index contributed by atoms with van der Waals surface area (Å²) in [4.78, 5) is 0. The Kier molecular flexibility index (Phi) is 6.28. The van der Waals surface area contributed by atoms with E-state index >= 15 is 0 Å². The van der Waals surface area contributed by atoms with Crippen molar-refractivity contribution < 1.29 is 14.2 Å². The number of methoxy groups -OCH3 is 1. The van der Waals surface area contributed by atoms with Gasteiger partial charge in [0.15, 0.2) is 0 Å². The minimum absolute atomic E-state index is 0.191. The first-order chi connectivity index (χ1) is 8.94. The fourth-order valence-corrected chi connectivity index (χ4v) is 1.58. The van der Waals surface area contributed by atoms with Crippen LogP contribution < -0.4 is 10.5 Å². The second kappa shape index (κ2) is 7.48. The number of para-hydroxylation sites is 1. The molecule has 0 aliphatic heterocycles. The molecule has 1 atom stereocenters. The lowest BCUT2D eigenvalue weighted by molar-refractivity contribution is -0.0105. The average molecular weight is 267 g/mol. The molecule has 0 heterocycles. The summed E-state index contributed by atoms with van der Waals surface area (Å²) in [5, 5.41) is 0. The standard InChI is InChI=1S/C15H25NO3/c1-15(2,3)19-11-13(16)12-7-5-6-8-14(12)18-10-9-17-4/h5-8,13H,9-11,16H2,1-4H3. The van der Waals surface area contributed by atoms with Crippen LogP contribution in [-0.2, 0) is 9.47 Å². The van der Waals surface area contributed by atoms with E-state index in [0.29, 0.717) is 19.8 Å². The first-order valence-electron chi connectivity index (χ1n) is 6.54. The van der Waals surface area contributed by atoms with Gasteiger partial charge in [0.05, 0.1) is 24.9 Å². The first kappa shape index (κ1) is 16.0. The Morgan fingerprint density at radius 1 is 1.16 bits per heavy atom. The van der Waals surface area contributed by atoms with Gasteiger partial charge in [-0.15, -0.1) is 0 Å². The fraction of sp³-hybridized carbons (Fsp3) is 0.600. The Balaban J connectivity index is 2.64. The maximum atomic E-state index is 6.17. The molecular formula is C15H25NO3. The SMILES string of the molecule is COCCOc1ccccc1C(N)COC(C)(C)C. The van der Waals surface area contributed by atoms with Gasteiger partial charge in [0.2, 0.25) is 0 Å². The summed E-state index contributed by atoms with van der Waals surface area (Å²) >= 11 is 0. The van der Waals surface area contributed by atoms with Crippen LogP contribution in [0.3, 0.4) is 0 Å². The molecule has 1 rings (SSSR count). The van der Waals surface area contributed by atoms with Gasteiger partial charge in [-0.2, -0.15) is 0 Å². The third-order valence-corrected chi connectivity index (χ3v) is 2.56. The van der Waals surface area contributed by atoms with Crippen molar-refractivity contribution in [3.05, 3.63) is 29.8 Å². The van der Waals surface area contributed by atoms with Gasteiger partial charge in [-0.25, -0.2) is 0 Å². The summed E-state index contributed by atoms with van der Waals surface area (Å²) in [6.45, 7) is 7.58. The van der Waals surface area contributed by atoms with E-state index in [1.165, 1.54) is 0 Å². The molecule has 1 unspecified atom stereocenters. The minimum Gasteiger partial charge on any atom is -0.491 e. The van der Waals surface area contributed by atoms with Crippen LogP contribution in [0.15, 0.2) is 24.3 Å². The lowest BCUT2D eigenvalue weighted by Crippen LogP contribution is -2.26. The molecule has 108 valence electrons. The van der Waals surface area contributed by atoms with Crippen LogP contribution in [0.2, 0.25) is 0 Å². The van der Waals surface area contributed by atoms with Crippen molar-refractivity contribution >= 4 is 0 Å². The van der Waals surface area contributed by atoms with Crippen molar-refractivity contribution in [3.63, 3.8) is 0 Å². The van der Waals surface area contributed by atoms with Gasteiger partial charge in [-0.3, -0.25) is 0 Å².